The molecule has 0 saturated carbocycles. The van der Waals surface area contributed by atoms with E-state index in [-0.39, 0.29) is 11.9 Å². The van der Waals surface area contributed by atoms with E-state index in [4.69, 9.17) is 0 Å². The normalized spacial score (nSPS) is 14.2. The largest absolute Gasteiger partial charge is 0.384 e. The first-order valence-corrected chi connectivity index (χ1v) is 7.20. The monoisotopic (exact) mass is 281 g/mol. The highest BCUT2D eigenvalue weighted by molar-refractivity contribution is 5.95. The van der Waals surface area contributed by atoms with Gasteiger partial charge in [0.15, 0.2) is 0 Å². The quantitative estimate of drug-likeness (QED) is 0.941. The van der Waals surface area contributed by atoms with Crippen molar-refractivity contribution in [2.45, 2.75) is 19.4 Å². The second kappa shape index (κ2) is 5.56. The molecule has 1 N–H and O–H groups in total. The van der Waals surface area contributed by atoms with Crippen molar-refractivity contribution in [3.8, 4) is 0 Å². The van der Waals surface area contributed by atoms with Crippen molar-refractivity contribution >= 4 is 11.6 Å². The minimum Gasteiger partial charge on any atom is -0.384 e. The van der Waals surface area contributed by atoms with Crippen LogP contribution in [0.25, 0.3) is 0 Å². The van der Waals surface area contributed by atoms with Crippen molar-refractivity contribution in [2.75, 3.05) is 18.9 Å². The van der Waals surface area contributed by atoms with E-state index >= 15 is 0 Å². The summed E-state index contributed by atoms with van der Waals surface area (Å²) in [7, 11) is 1.85. The van der Waals surface area contributed by atoms with Crippen LogP contribution in [0.2, 0.25) is 0 Å². The molecule has 0 fully saturated rings. The third kappa shape index (κ3) is 2.61. The Hall–Kier alpha value is -2.36. The van der Waals surface area contributed by atoms with E-state index in [1.807, 2.05) is 44.3 Å². The van der Waals surface area contributed by atoms with Crippen molar-refractivity contribution in [2.24, 2.45) is 0 Å². The molecule has 0 unspecified atom stereocenters. The minimum atomic E-state index is 0.0203. The van der Waals surface area contributed by atoms with Crippen LogP contribution in [-0.2, 0) is 6.42 Å². The first kappa shape index (κ1) is 13.6. The fourth-order valence-corrected chi connectivity index (χ4v) is 2.68. The zero-order valence-corrected chi connectivity index (χ0v) is 12.3. The smallest absolute Gasteiger partial charge is 0.254 e. The average Bonchev–Trinajstić information content (AvgIpc) is 3.01. The van der Waals surface area contributed by atoms with Crippen LogP contribution in [0.5, 0.6) is 0 Å². The van der Waals surface area contributed by atoms with Gasteiger partial charge in [-0.25, -0.2) is 0 Å². The Kier molecular flexibility index (Phi) is 3.60. The fourth-order valence-electron chi connectivity index (χ4n) is 2.68. The van der Waals surface area contributed by atoms with E-state index in [1.165, 1.54) is 5.56 Å². The molecular formula is C17H19N3O. The number of hydrogen-bond acceptors (Lipinski definition) is 3. The summed E-state index contributed by atoms with van der Waals surface area (Å²) in [5, 5.41) is 3.31. The van der Waals surface area contributed by atoms with Gasteiger partial charge in [0, 0.05) is 37.2 Å². The number of carbonyl (C=O) groups excluding carboxylic acids is 1. The first-order valence-electron chi connectivity index (χ1n) is 7.20. The number of rotatable bonds is 3. The number of benzene rings is 1. The number of pyridine rings is 1. The average molecular weight is 281 g/mol. The molecule has 4 heteroatoms. The zero-order valence-electron chi connectivity index (χ0n) is 12.3. The molecule has 1 aromatic heterocycles. The Morgan fingerprint density at radius 1 is 1.29 bits per heavy atom. The van der Waals surface area contributed by atoms with Crippen LogP contribution in [0.4, 0.5) is 5.69 Å². The third-order valence-corrected chi connectivity index (χ3v) is 4.15. The van der Waals surface area contributed by atoms with E-state index in [2.05, 4.69) is 10.3 Å². The second-order valence-corrected chi connectivity index (χ2v) is 5.42. The van der Waals surface area contributed by atoms with Crippen molar-refractivity contribution in [3.63, 3.8) is 0 Å². The van der Waals surface area contributed by atoms with Crippen LogP contribution < -0.4 is 5.32 Å². The fraction of sp³-hybridized carbons (Fsp3) is 0.294. The van der Waals surface area contributed by atoms with E-state index in [0.717, 1.165) is 29.8 Å². The molecule has 2 heterocycles. The van der Waals surface area contributed by atoms with Gasteiger partial charge in [0.1, 0.15) is 0 Å². The van der Waals surface area contributed by atoms with Crippen molar-refractivity contribution < 1.29 is 4.79 Å². The number of nitrogens with one attached hydrogen (secondary N) is 1. The molecule has 1 aliphatic rings. The lowest BCUT2D eigenvalue weighted by molar-refractivity contribution is 0.0742. The van der Waals surface area contributed by atoms with Gasteiger partial charge in [-0.2, -0.15) is 0 Å². The Labute approximate surface area is 124 Å². The minimum absolute atomic E-state index is 0.0203. The summed E-state index contributed by atoms with van der Waals surface area (Å²) in [6, 6.07) is 9.82. The summed E-state index contributed by atoms with van der Waals surface area (Å²) < 4.78 is 0. The molecule has 4 nitrogen and oxygen atoms in total. The Morgan fingerprint density at radius 3 is 2.81 bits per heavy atom. The predicted molar refractivity (Wildman–Crippen MR) is 83.4 cm³/mol. The zero-order chi connectivity index (χ0) is 14.8. The number of carbonyl (C=O) groups is 1. The van der Waals surface area contributed by atoms with Gasteiger partial charge < -0.3 is 10.2 Å². The van der Waals surface area contributed by atoms with Gasteiger partial charge in [0.05, 0.1) is 6.04 Å². The number of anilines is 1. The molecule has 0 spiro atoms. The van der Waals surface area contributed by atoms with Crippen molar-refractivity contribution in [1.29, 1.82) is 0 Å². The second-order valence-electron chi connectivity index (χ2n) is 5.42. The molecule has 0 radical (unpaired) electrons. The molecule has 0 bridgehead atoms. The van der Waals surface area contributed by atoms with Gasteiger partial charge in [-0.3, -0.25) is 9.78 Å². The number of amides is 1. The van der Waals surface area contributed by atoms with Gasteiger partial charge in [-0.1, -0.05) is 0 Å². The van der Waals surface area contributed by atoms with E-state index in [0.29, 0.717) is 0 Å². The summed E-state index contributed by atoms with van der Waals surface area (Å²) in [6.45, 7) is 2.98. The first-order chi connectivity index (χ1) is 10.2. The summed E-state index contributed by atoms with van der Waals surface area (Å²) >= 11 is 0. The Bertz CT molecular complexity index is 654. The topological polar surface area (TPSA) is 45.2 Å². The van der Waals surface area contributed by atoms with Crippen LogP contribution in [0.3, 0.4) is 0 Å². The van der Waals surface area contributed by atoms with Gasteiger partial charge in [-0.15, -0.1) is 0 Å². The maximum Gasteiger partial charge on any atom is 0.254 e. The summed E-state index contributed by atoms with van der Waals surface area (Å²) in [5.74, 6) is 0.0500. The lowest BCUT2D eigenvalue weighted by Gasteiger charge is -2.25. The standard InChI is InChI=1S/C17H19N3O/c1-12(13-5-8-18-9-6-13)20(2)17(21)15-3-4-16-14(11-15)7-10-19-16/h3-6,8-9,11-12,19H,7,10H2,1-2H3/t12-/m0/s1. The number of nitrogens with zero attached hydrogens (tertiary/aromatic N) is 2. The van der Waals surface area contributed by atoms with Crippen LogP contribution in [0.1, 0.15) is 34.5 Å². The molecule has 1 amide bonds. The van der Waals surface area contributed by atoms with Crippen molar-refractivity contribution in [3.05, 3.63) is 59.4 Å². The molecule has 0 saturated heterocycles. The van der Waals surface area contributed by atoms with E-state index in [9.17, 15) is 4.79 Å². The molecular weight excluding hydrogens is 262 g/mol. The van der Waals surface area contributed by atoms with Crippen molar-refractivity contribution in [1.82, 2.24) is 9.88 Å². The van der Waals surface area contributed by atoms with Crippen LogP contribution in [-0.4, -0.2) is 29.4 Å². The molecule has 108 valence electrons. The molecule has 0 aliphatic carbocycles. The summed E-state index contributed by atoms with van der Waals surface area (Å²) in [4.78, 5) is 18.4. The van der Waals surface area contributed by atoms with Gasteiger partial charge in [0.2, 0.25) is 0 Å². The highest BCUT2D eigenvalue weighted by Gasteiger charge is 2.20. The van der Waals surface area contributed by atoms with Gasteiger partial charge in [0.25, 0.3) is 5.91 Å². The van der Waals surface area contributed by atoms with Crippen LogP contribution >= 0.6 is 0 Å². The maximum atomic E-state index is 12.6. The number of aromatic nitrogens is 1. The lowest BCUT2D eigenvalue weighted by Crippen LogP contribution is -2.29. The molecule has 3 rings (SSSR count). The number of hydrogen-bond donors (Lipinski definition) is 1. The van der Waals surface area contributed by atoms with E-state index < -0.39 is 0 Å². The third-order valence-electron chi connectivity index (χ3n) is 4.15. The van der Waals surface area contributed by atoms with E-state index in [1.54, 1.807) is 17.3 Å². The molecule has 1 aromatic carbocycles. The highest BCUT2D eigenvalue weighted by atomic mass is 16.2. The lowest BCUT2D eigenvalue weighted by atomic mass is 10.1. The SMILES string of the molecule is C[C@@H](c1ccncc1)N(C)C(=O)c1ccc2c(c1)CCN2. The molecule has 21 heavy (non-hydrogen) atoms. The molecule has 1 aliphatic heterocycles. The van der Waals surface area contributed by atoms with Gasteiger partial charge >= 0.3 is 0 Å². The summed E-state index contributed by atoms with van der Waals surface area (Å²) in [5.41, 5.74) is 4.21. The molecule has 1 atom stereocenters. The predicted octanol–water partition coefficient (Wildman–Crippen LogP) is 2.88. The Balaban J connectivity index is 1.81. The van der Waals surface area contributed by atoms with Crippen LogP contribution in [0.15, 0.2) is 42.7 Å². The van der Waals surface area contributed by atoms with Crippen LogP contribution in [0, 0.1) is 0 Å². The Morgan fingerprint density at radius 2 is 2.05 bits per heavy atom. The highest BCUT2D eigenvalue weighted by Crippen LogP contribution is 2.25. The molecule has 2 aromatic rings. The summed E-state index contributed by atoms with van der Waals surface area (Å²) in [6.07, 6.45) is 4.50. The van der Waals surface area contributed by atoms with Gasteiger partial charge in [-0.05, 0) is 54.8 Å². The maximum absolute atomic E-state index is 12.6. The number of fused-ring (bicyclic) bond motifs is 1.